The molecule has 0 aliphatic rings. The Morgan fingerprint density at radius 3 is 2.80 bits per heavy atom. The van der Waals surface area contributed by atoms with Crippen molar-refractivity contribution in [3.8, 4) is 0 Å². The minimum atomic E-state index is -0.0497. The van der Waals surface area contributed by atoms with Crippen molar-refractivity contribution in [3.63, 3.8) is 0 Å². The molecule has 0 radical (unpaired) electrons. The zero-order valence-corrected chi connectivity index (χ0v) is 5.83. The number of nitrogens with zero attached hydrogens (tertiary/aromatic N) is 1. The molecule has 0 spiro atoms. The van der Waals surface area contributed by atoms with Gasteiger partial charge in [-0.25, -0.2) is 4.98 Å². The van der Waals surface area contributed by atoms with E-state index in [-0.39, 0.29) is 6.61 Å². The molecular formula is C7H10N2O. The van der Waals surface area contributed by atoms with Crippen molar-refractivity contribution in [1.29, 1.82) is 0 Å². The van der Waals surface area contributed by atoms with Crippen molar-refractivity contribution in [2.24, 2.45) is 0 Å². The van der Waals surface area contributed by atoms with E-state index in [2.05, 4.69) is 4.98 Å². The zero-order chi connectivity index (χ0) is 7.56. The minimum Gasteiger partial charge on any atom is -0.390 e. The van der Waals surface area contributed by atoms with Crippen LogP contribution in [0.5, 0.6) is 0 Å². The first-order chi connectivity index (χ1) is 4.72. The Bertz CT molecular complexity index is 215. The van der Waals surface area contributed by atoms with Crippen LogP contribution >= 0.6 is 0 Å². The van der Waals surface area contributed by atoms with E-state index >= 15 is 0 Å². The van der Waals surface area contributed by atoms with E-state index in [0.29, 0.717) is 11.5 Å². The number of aromatic nitrogens is 1. The lowest BCUT2D eigenvalue weighted by Gasteiger charge is -1.98. The van der Waals surface area contributed by atoms with Gasteiger partial charge in [-0.05, 0) is 24.6 Å². The molecule has 0 amide bonds. The maximum absolute atomic E-state index is 8.67. The summed E-state index contributed by atoms with van der Waals surface area (Å²) in [5.74, 6) is 0.462. The molecule has 10 heavy (non-hydrogen) atoms. The summed E-state index contributed by atoms with van der Waals surface area (Å²) < 4.78 is 0. The lowest BCUT2D eigenvalue weighted by atomic mass is 10.2. The van der Waals surface area contributed by atoms with Crippen LogP contribution in [0.25, 0.3) is 0 Å². The van der Waals surface area contributed by atoms with Crippen LogP contribution in [0, 0.1) is 6.92 Å². The molecule has 0 fully saturated rings. The third-order valence-electron chi connectivity index (χ3n) is 1.20. The van der Waals surface area contributed by atoms with Crippen molar-refractivity contribution in [2.75, 3.05) is 5.73 Å². The Balaban J connectivity index is 3.06. The van der Waals surface area contributed by atoms with E-state index in [0.717, 1.165) is 5.56 Å². The molecule has 3 N–H and O–H groups in total. The lowest BCUT2D eigenvalue weighted by Crippen LogP contribution is -1.96. The maximum atomic E-state index is 8.67. The van der Waals surface area contributed by atoms with Gasteiger partial charge in [0.25, 0.3) is 0 Å². The minimum absolute atomic E-state index is 0.0497. The molecule has 0 atom stereocenters. The van der Waals surface area contributed by atoms with Gasteiger partial charge in [0.05, 0.1) is 12.3 Å². The van der Waals surface area contributed by atoms with E-state index in [1.165, 1.54) is 0 Å². The van der Waals surface area contributed by atoms with Crippen molar-refractivity contribution >= 4 is 5.82 Å². The van der Waals surface area contributed by atoms with Gasteiger partial charge in [-0.15, -0.1) is 0 Å². The molecule has 1 rings (SSSR count). The molecule has 0 saturated carbocycles. The number of aliphatic hydroxyl groups excluding tert-OH is 1. The number of aryl methyl sites for hydroxylation is 1. The van der Waals surface area contributed by atoms with Gasteiger partial charge in [0.1, 0.15) is 5.82 Å². The molecule has 1 heterocycles. The molecule has 3 nitrogen and oxygen atoms in total. The van der Waals surface area contributed by atoms with Crippen LogP contribution in [0.3, 0.4) is 0 Å². The number of aliphatic hydroxyl groups is 1. The summed E-state index contributed by atoms with van der Waals surface area (Å²) in [6.45, 7) is 1.86. The third-order valence-corrected chi connectivity index (χ3v) is 1.20. The molecule has 0 saturated heterocycles. The Labute approximate surface area is 59.5 Å². The third kappa shape index (κ3) is 1.45. The quantitative estimate of drug-likeness (QED) is 0.592. The van der Waals surface area contributed by atoms with E-state index in [4.69, 9.17) is 10.8 Å². The van der Waals surface area contributed by atoms with Crippen LogP contribution in [-0.4, -0.2) is 10.1 Å². The second-order valence-electron chi connectivity index (χ2n) is 2.22. The number of nitrogens with two attached hydrogens (primary N) is 1. The van der Waals surface area contributed by atoms with E-state index in [1.54, 1.807) is 12.1 Å². The molecule has 1 aromatic heterocycles. The molecular weight excluding hydrogens is 128 g/mol. The lowest BCUT2D eigenvalue weighted by molar-refractivity contribution is 0.277. The van der Waals surface area contributed by atoms with Gasteiger partial charge in [-0.3, -0.25) is 0 Å². The Morgan fingerprint density at radius 1 is 1.60 bits per heavy atom. The van der Waals surface area contributed by atoms with Crippen molar-refractivity contribution < 1.29 is 5.11 Å². The highest BCUT2D eigenvalue weighted by Crippen LogP contribution is 2.05. The summed E-state index contributed by atoms with van der Waals surface area (Å²) in [5, 5.41) is 8.67. The van der Waals surface area contributed by atoms with E-state index in [9.17, 15) is 0 Å². The molecule has 54 valence electrons. The molecule has 0 bridgehead atoms. The average molecular weight is 138 g/mol. The highest BCUT2D eigenvalue weighted by atomic mass is 16.3. The normalized spacial score (nSPS) is 9.80. The van der Waals surface area contributed by atoms with Crippen LogP contribution in [-0.2, 0) is 6.61 Å². The Kier molecular flexibility index (Phi) is 1.87. The number of hydrogen-bond donors (Lipinski definition) is 2. The number of anilines is 1. The summed E-state index contributed by atoms with van der Waals surface area (Å²) in [6, 6.07) is 3.56. The standard InChI is InChI=1S/C7H10N2O/c1-5-2-6(4-10)9-7(8)3-5/h2-3,10H,4H2,1H3,(H2,8,9). The van der Waals surface area contributed by atoms with Crippen LogP contribution in [0.15, 0.2) is 12.1 Å². The molecule has 1 aromatic rings. The van der Waals surface area contributed by atoms with Crippen molar-refractivity contribution in [3.05, 3.63) is 23.4 Å². The van der Waals surface area contributed by atoms with Crippen LogP contribution in [0.1, 0.15) is 11.3 Å². The maximum Gasteiger partial charge on any atom is 0.123 e. The van der Waals surface area contributed by atoms with Crippen molar-refractivity contribution in [2.45, 2.75) is 13.5 Å². The van der Waals surface area contributed by atoms with Gasteiger partial charge in [-0.2, -0.15) is 0 Å². The Hall–Kier alpha value is -1.09. The first kappa shape index (κ1) is 7.02. The zero-order valence-electron chi connectivity index (χ0n) is 5.83. The highest BCUT2D eigenvalue weighted by molar-refractivity contribution is 5.33. The predicted molar refractivity (Wildman–Crippen MR) is 39.3 cm³/mol. The summed E-state index contributed by atoms with van der Waals surface area (Å²) in [5.41, 5.74) is 7.06. The number of pyridine rings is 1. The fourth-order valence-electron chi connectivity index (χ4n) is 0.849. The molecule has 0 unspecified atom stereocenters. The predicted octanol–water partition coefficient (Wildman–Crippen LogP) is 0.465. The topological polar surface area (TPSA) is 59.1 Å². The second kappa shape index (κ2) is 2.66. The van der Waals surface area contributed by atoms with Crippen LogP contribution in [0.4, 0.5) is 5.82 Å². The first-order valence-electron chi connectivity index (χ1n) is 3.06. The van der Waals surface area contributed by atoms with Crippen LogP contribution in [0.2, 0.25) is 0 Å². The smallest absolute Gasteiger partial charge is 0.123 e. The number of rotatable bonds is 1. The molecule has 3 heteroatoms. The number of hydrogen-bond acceptors (Lipinski definition) is 3. The van der Waals surface area contributed by atoms with Gasteiger partial charge in [0.2, 0.25) is 0 Å². The second-order valence-corrected chi connectivity index (χ2v) is 2.22. The molecule has 0 aromatic carbocycles. The monoisotopic (exact) mass is 138 g/mol. The Morgan fingerprint density at radius 2 is 2.30 bits per heavy atom. The SMILES string of the molecule is Cc1cc(N)nc(CO)c1. The summed E-state index contributed by atoms with van der Waals surface area (Å²) in [6.07, 6.45) is 0. The highest BCUT2D eigenvalue weighted by Gasteiger charge is 1.94. The van der Waals surface area contributed by atoms with E-state index in [1.807, 2.05) is 6.92 Å². The van der Waals surface area contributed by atoms with Gasteiger partial charge >= 0.3 is 0 Å². The summed E-state index contributed by atoms with van der Waals surface area (Å²) >= 11 is 0. The first-order valence-corrected chi connectivity index (χ1v) is 3.06. The van der Waals surface area contributed by atoms with Gasteiger partial charge in [0, 0.05) is 0 Å². The fraction of sp³-hybridized carbons (Fsp3) is 0.286. The average Bonchev–Trinajstić information content (AvgIpc) is 1.85. The van der Waals surface area contributed by atoms with Crippen LogP contribution < -0.4 is 5.73 Å². The van der Waals surface area contributed by atoms with Gasteiger partial charge < -0.3 is 10.8 Å². The summed E-state index contributed by atoms with van der Waals surface area (Å²) in [7, 11) is 0. The molecule has 0 aliphatic heterocycles. The number of nitrogen functional groups attached to an aromatic ring is 1. The van der Waals surface area contributed by atoms with Gasteiger partial charge in [-0.1, -0.05) is 0 Å². The fourth-order valence-corrected chi connectivity index (χ4v) is 0.849. The van der Waals surface area contributed by atoms with Gasteiger partial charge in [0.15, 0.2) is 0 Å². The summed E-state index contributed by atoms with van der Waals surface area (Å²) in [4.78, 5) is 3.88. The van der Waals surface area contributed by atoms with Crippen molar-refractivity contribution in [1.82, 2.24) is 4.98 Å². The molecule has 0 aliphatic carbocycles. The largest absolute Gasteiger partial charge is 0.390 e. The van der Waals surface area contributed by atoms with E-state index < -0.39 is 0 Å².